The molecule has 0 aromatic heterocycles. The monoisotopic (exact) mass is 345 g/mol. The second kappa shape index (κ2) is 7.12. The van der Waals surface area contributed by atoms with E-state index in [1.54, 1.807) is 30.3 Å². The van der Waals surface area contributed by atoms with Gasteiger partial charge in [-0.3, -0.25) is 0 Å². The first-order valence-corrected chi connectivity index (χ1v) is 8.14. The van der Waals surface area contributed by atoms with Gasteiger partial charge in [-0.15, -0.1) is 0 Å². The van der Waals surface area contributed by atoms with Gasteiger partial charge >= 0.3 is 0 Å². The summed E-state index contributed by atoms with van der Waals surface area (Å²) >= 11 is 0. The van der Waals surface area contributed by atoms with Crippen molar-refractivity contribution in [3.05, 3.63) is 65.5 Å². The van der Waals surface area contributed by atoms with Crippen LogP contribution < -0.4 is 4.72 Å². The molecule has 0 spiro atoms. The molecule has 0 aliphatic carbocycles. The first-order chi connectivity index (χ1) is 10.8. The maximum absolute atomic E-state index is 13.5. The van der Waals surface area contributed by atoms with Gasteiger partial charge in [-0.1, -0.05) is 30.3 Å². The Labute approximate surface area is 131 Å². The Morgan fingerprint density at radius 2 is 1.65 bits per heavy atom. The Hall–Kier alpha value is -1.90. The van der Waals surface area contributed by atoms with Gasteiger partial charge in [-0.25, -0.2) is 26.3 Å². The summed E-state index contributed by atoms with van der Waals surface area (Å²) in [5.74, 6) is -5.14. The summed E-state index contributed by atoms with van der Waals surface area (Å²) in [4.78, 5) is -1.01. The van der Waals surface area contributed by atoms with Crippen LogP contribution in [-0.4, -0.2) is 26.2 Å². The fraction of sp³-hybridized carbons (Fsp3) is 0.200. The molecule has 2 aromatic carbocycles. The summed E-state index contributed by atoms with van der Waals surface area (Å²) in [7, 11) is -4.41. The van der Waals surface area contributed by atoms with E-state index in [2.05, 4.69) is 0 Å². The van der Waals surface area contributed by atoms with E-state index >= 15 is 0 Å². The third-order valence-electron chi connectivity index (χ3n) is 3.11. The first-order valence-electron chi connectivity index (χ1n) is 6.66. The molecule has 0 saturated carbocycles. The molecular weight excluding hydrogens is 331 g/mol. The lowest BCUT2D eigenvalue weighted by Crippen LogP contribution is -2.33. The van der Waals surface area contributed by atoms with Gasteiger partial charge in [0.25, 0.3) is 0 Å². The van der Waals surface area contributed by atoms with Crippen molar-refractivity contribution in [1.82, 2.24) is 4.72 Å². The van der Waals surface area contributed by atoms with Crippen LogP contribution in [0.1, 0.15) is 5.56 Å². The van der Waals surface area contributed by atoms with Gasteiger partial charge in [0.1, 0.15) is 4.90 Å². The highest BCUT2D eigenvalue weighted by Crippen LogP contribution is 2.19. The second-order valence-electron chi connectivity index (χ2n) is 4.87. The minimum atomic E-state index is -4.41. The minimum Gasteiger partial charge on any atom is -0.391 e. The standard InChI is InChI=1S/C15H14F3NO3S/c16-12-6-7-13(15(18)14(12)17)23(21,22)19-9-11(20)8-10-4-2-1-3-5-10/h1-7,11,19-20H,8-9H2. The van der Waals surface area contributed by atoms with Crippen LogP contribution >= 0.6 is 0 Å². The SMILES string of the molecule is O=S(=O)(NCC(O)Cc1ccccc1)c1ccc(F)c(F)c1F. The number of rotatable bonds is 6. The highest BCUT2D eigenvalue weighted by atomic mass is 32.2. The number of aliphatic hydroxyl groups is 1. The third kappa shape index (κ3) is 4.31. The maximum Gasteiger partial charge on any atom is 0.243 e. The van der Waals surface area contributed by atoms with E-state index in [9.17, 15) is 26.7 Å². The molecule has 2 N–H and O–H groups in total. The maximum atomic E-state index is 13.5. The van der Waals surface area contributed by atoms with Crippen molar-refractivity contribution in [1.29, 1.82) is 0 Å². The molecule has 2 aromatic rings. The van der Waals surface area contributed by atoms with Gasteiger partial charge in [0.2, 0.25) is 10.0 Å². The zero-order valence-electron chi connectivity index (χ0n) is 11.8. The fourth-order valence-electron chi connectivity index (χ4n) is 1.96. The van der Waals surface area contributed by atoms with Crippen LogP contribution in [-0.2, 0) is 16.4 Å². The Balaban J connectivity index is 2.06. The number of sulfonamides is 1. The third-order valence-corrected chi connectivity index (χ3v) is 4.55. The lowest BCUT2D eigenvalue weighted by Gasteiger charge is -2.13. The molecular formula is C15H14F3NO3S. The quantitative estimate of drug-likeness (QED) is 0.787. The van der Waals surface area contributed by atoms with Crippen molar-refractivity contribution >= 4 is 10.0 Å². The summed E-state index contributed by atoms with van der Waals surface area (Å²) in [6.07, 6.45) is -0.871. The Kier molecular flexibility index (Phi) is 5.40. The average molecular weight is 345 g/mol. The Morgan fingerprint density at radius 1 is 1.00 bits per heavy atom. The molecule has 8 heteroatoms. The summed E-state index contributed by atoms with van der Waals surface area (Å²) in [6.45, 7) is -0.393. The van der Waals surface area contributed by atoms with Crippen molar-refractivity contribution in [3.63, 3.8) is 0 Å². The number of hydrogen-bond donors (Lipinski definition) is 2. The van der Waals surface area contributed by atoms with E-state index in [0.717, 1.165) is 5.56 Å². The second-order valence-corrected chi connectivity index (χ2v) is 6.60. The summed E-state index contributed by atoms with van der Waals surface area (Å²) in [6, 6.07) is 9.99. The van der Waals surface area contributed by atoms with Crippen LogP contribution in [0.5, 0.6) is 0 Å². The highest BCUT2D eigenvalue weighted by Gasteiger charge is 2.24. The van der Waals surface area contributed by atoms with Crippen molar-refractivity contribution in [2.24, 2.45) is 0 Å². The zero-order valence-corrected chi connectivity index (χ0v) is 12.7. The van der Waals surface area contributed by atoms with Crippen LogP contribution in [0, 0.1) is 17.5 Å². The molecule has 0 aliphatic heterocycles. The number of halogens is 3. The lowest BCUT2D eigenvalue weighted by molar-refractivity contribution is 0.179. The molecule has 1 atom stereocenters. The molecule has 4 nitrogen and oxygen atoms in total. The number of aliphatic hydroxyl groups excluding tert-OH is 1. The predicted octanol–water partition coefficient (Wildman–Crippen LogP) is 1.99. The predicted molar refractivity (Wildman–Crippen MR) is 77.7 cm³/mol. The molecule has 0 heterocycles. The van der Waals surface area contributed by atoms with E-state index in [-0.39, 0.29) is 6.42 Å². The smallest absolute Gasteiger partial charge is 0.243 e. The van der Waals surface area contributed by atoms with E-state index in [4.69, 9.17) is 0 Å². The number of nitrogens with one attached hydrogen (secondary N) is 1. The zero-order chi connectivity index (χ0) is 17.0. The van der Waals surface area contributed by atoms with E-state index in [0.29, 0.717) is 12.1 Å². The van der Waals surface area contributed by atoms with Gasteiger partial charge in [-0.05, 0) is 24.1 Å². The highest BCUT2D eigenvalue weighted by molar-refractivity contribution is 7.89. The number of benzene rings is 2. The molecule has 124 valence electrons. The van der Waals surface area contributed by atoms with Crippen molar-refractivity contribution in [2.75, 3.05) is 6.54 Å². The molecule has 0 aliphatic rings. The molecule has 1 unspecified atom stereocenters. The van der Waals surface area contributed by atoms with Crippen LogP contribution in [0.4, 0.5) is 13.2 Å². The Bertz CT molecular complexity index is 782. The van der Waals surface area contributed by atoms with Gasteiger partial charge in [-0.2, -0.15) is 0 Å². The van der Waals surface area contributed by atoms with Gasteiger partial charge in [0.05, 0.1) is 6.10 Å². The normalized spacial score (nSPS) is 13.0. The van der Waals surface area contributed by atoms with Crippen LogP contribution in [0.2, 0.25) is 0 Å². The fourth-order valence-corrected chi connectivity index (χ4v) is 3.10. The van der Waals surface area contributed by atoms with E-state index in [1.165, 1.54) is 0 Å². The summed E-state index contributed by atoms with van der Waals surface area (Å²) in [5, 5.41) is 9.83. The molecule has 23 heavy (non-hydrogen) atoms. The molecule has 0 saturated heterocycles. The van der Waals surface area contributed by atoms with Crippen LogP contribution in [0.15, 0.2) is 47.4 Å². The molecule has 0 bridgehead atoms. The Morgan fingerprint density at radius 3 is 2.30 bits per heavy atom. The molecule has 0 fully saturated rings. The van der Waals surface area contributed by atoms with E-state index in [1.807, 2.05) is 4.72 Å². The van der Waals surface area contributed by atoms with Crippen LogP contribution in [0.3, 0.4) is 0 Å². The first kappa shape index (κ1) is 17.5. The van der Waals surface area contributed by atoms with Crippen molar-refractivity contribution < 1.29 is 26.7 Å². The van der Waals surface area contributed by atoms with Crippen LogP contribution in [0.25, 0.3) is 0 Å². The van der Waals surface area contributed by atoms with E-state index < -0.39 is 45.0 Å². The van der Waals surface area contributed by atoms with Gasteiger partial charge in [0.15, 0.2) is 17.5 Å². The topological polar surface area (TPSA) is 66.4 Å². The van der Waals surface area contributed by atoms with Crippen molar-refractivity contribution in [3.8, 4) is 0 Å². The van der Waals surface area contributed by atoms with Gasteiger partial charge in [0, 0.05) is 6.54 Å². The summed E-state index contributed by atoms with van der Waals surface area (Å²) < 4.78 is 65.3. The molecule has 2 rings (SSSR count). The molecule has 0 amide bonds. The van der Waals surface area contributed by atoms with Gasteiger partial charge < -0.3 is 5.11 Å². The largest absolute Gasteiger partial charge is 0.391 e. The minimum absolute atomic E-state index is 0.184. The van der Waals surface area contributed by atoms with Crippen molar-refractivity contribution in [2.45, 2.75) is 17.4 Å². The number of hydrogen-bond acceptors (Lipinski definition) is 3. The molecule has 0 radical (unpaired) electrons. The summed E-state index contributed by atoms with van der Waals surface area (Å²) in [5.41, 5.74) is 0.790. The lowest BCUT2D eigenvalue weighted by atomic mass is 10.1. The average Bonchev–Trinajstić information content (AvgIpc) is 2.51.